The van der Waals surface area contributed by atoms with Crippen LogP contribution in [0.3, 0.4) is 0 Å². The first-order valence-electron chi connectivity index (χ1n) is 7.63. The highest BCUT2D eigenvalue weighted by molar-refractivity contribution is 7.99. The first kappa shape index (κ1) is 15.4. The SMILES string of the molecule is CN1C(=O)NC(=O)C2C1NC(Sc1ccc3ccccc3n1)N2C. The molecule has 3 heterocycles. The van der Waals surface area contributed by atoms with Crippen LogP contribution in [0.1, 0.15) is 0 Å². The molecule has 2 saturated heterocycles. The topological polar surface area (TPSA) is 77.6 Å². The summed E-state index contributed by atoms with van der Waals surface area (Å²) in [6.07, 6.45) is -0.339. The summed E-state index contributed by atoms with van der Waals surface area (Å²) in [5, 5.41) is 7.68. The second-order valence-electron chi connectivity index (χ2n) is 5.94. The number of carbonyl (C=O) groups is 2. The van der Waals surface area contributed by atoms with Crippen molar-refractivity contribution in [2.45, 2.75) is 22.7 Å². The minimum Gasteiger partial charge on any atom is -0.310 e. The van der Waals surface area contributed by atoms with Crippen molar-refractivity contribution in [3.05, 3.63) is 36.4 Å². The first-order valence-corrected chi connectivity index (χ1v) is 8.50. The van der Waals surface area contributed by atoms with E-state index < -0.39 is 6.04 Å². The summed E-state index contributed by atoms with van der Waals surface area (Å²) < 4.78 is 0. The normalized spacial score (nSPS) is 27.4. The summed E-state index contributed by atoms with van der Waals surface area (Å²) in [4.78, 5) is 32.0. The van der Waals surface area contributed by atoms with Gasteiger partial charge in [0.15, 0.2) is 0 Å². The number of imide groups is 1. The van der Waals surface area contributed by atoms with Gasteiger partial charge < -0.3 is 4.90 Å². The third-order valence-corrected chi connectivity index (χ3v) is 5.62. The molecule has 0 spiro atoms. The maximum absolute atomic E-state index is 12.1. The van der Waals surface area contributed by atoms with Crippen LogP contribution in [-0.2, 0) is 4.79 Å². The highest BCUT2D eigenvalue weighted by Crippen LogP contribution is 2.31. The summed E-state index contributed by atoms with van der Waals surface area (Å²) in [6.45, 7) is 0. The third kappa shape index (κ3) is 2.43. The Morgan fingerprint density at radius 1 is 1.12 bits per heavy atom. The zero-order valence-electron chi connectivity index (χ0n) is 13.3. The molecule has 0 radical (unpaired) electrons. The molecule has 4 rings (SSSR count). The molecule has 124 valence electrons. The summed E-state index contributed by atoms with van der Waals surface area (Å²) in [6, 6.07) is 11.2. The lowest BCUT2D eigenvalue weighted by Crippen LogP contribution is -2.64. The molecule has 2 N–H and O–H groups in total. The van der Waals surface area contributed by atoms with Crippen molar-refractivity contribution in [3.8, 4) is 0 Å². The van der Waals surface area contributed by atoms with Crippen LogP contribution in [0.15, 0.2) is 41.4 Å². The summed E-state index contributed by atoms with van der Waals surface area (Å²) in [5.74, 6) is -0.271. The molecule has 7 nitrogen and oxygen atoms in total. The fraction of sp³-hybridized carbons (Fsp3) is 0.312. The molecule has 24 heavy (non-hydrogen) atoms. The molecule has 2 fully saturated rings. The maximum Gasteiger partial charge on any atom is 0.325 e. The molecule has 2 aliphatic rings. The smallest absolute Gasteiger partial charge is 0.310 e. The minimum absolute atomic E-state index is 0.146. The molecular weight excluding hydrogens is 326 g/mol. The average molecular weight is 343 g/mol. The Morgan fingerprint density at radius 3 is 2.75 bits per heavy atom. The number of rotatable bonds is 2. The van der Waals surface area contributed by atoms with Gasteiger partial charge in [0.05, 0.1) is 10.5 Å². The number of pyridine rings is 1. The van der Waals surface area contributed by atoms with Gasteiger partial charge in [0.1, 0.15) is 17.7 Å². The lowest BCUT2D eigenvalue weighted by Gasteiger charge is -2.34. The van der Waals surface area contributed by atoms with Gasteiger partial charge in [0, 0.05) is 12.4 Å². The third-order valence-electron chi connectivity index (χ3n) is 4.46. The Kier molecular flexibility index (Phi) is 3.67. The molecule has 2 aliphatic heterocycles. The van der Waals surface area contributed by atoms with Crippen molar-refractivity contribution in [2.75, 3.05) is 14.1 Å². The summed E-state index contributed by atoms with van der Waals surface area (Å²) in [7, 11) is 3.56. The highest BCUT2D eigenvalue weighted by Gasteiger charge is 2.49. The molecule has 1 aromatic carbocycles. The van der Waals surface area contributed by atoms with E-state index >= 15 is 0 Å². The molecule has 3 unspecified atom stereocenters. The minimum atomic E-state index is -0.411. The molecule has 0 saturated carbocycles. The standard InChI is InChI=1S/C16H17N5O2S/c1-20-12-13(21(2)15(23)19-14(12)22)18-16(20)24-11-8-7-9-5-3-4-6-10(9)17-11/h3-8,12-13,16,18H,1-2H3,(H,19,22,23). The number of likely N-dealkylation sites (N-methyl/N-ethyl adjacent to an activating group) is 2. The molecule has 3 amide bonds. The number of urea groups is 1. The van der Waals surface area contributed by atoms with Crippen molar-refractivity contribution in [1.82, 2.24) is 25.4 Å². The van der Waals surface area contributed by atoms with E-state index in [0.29, 0.717) is 0 Å². The Morgan fingerprint density at radius 2 is 1.92 bits per heavy atom. The molecule has 8 heteroatoms. The van der Waals surface area contributed by atoms with Gasteiger partial charge in [0.2, 0.25) is 5.91 Å². The molecule has 1 aromatic heterocycles. The number of amides is 3. The quantitative estimate of drug-likeness (QED) is 0.848. The van der Waals surface area contributed by atoms with Crippen LogP contribution >= 0.6 is 11.8 Å². The molecule has 2 aromatic rings. The maximum atomic E-state index is 12.1. The lowest BCUT2D eigenvalue weighted by molar-refractivity contribution is -0.127. The fourth-order valence-electron chi connectivity index (χ4n) is 3.11. The number of nitrogens with one attached hydrogen (secondary N) is 2. The predicted molar refractivity (Wildman–Crippen MR) is 91.2 cm³/mol. The largest absolute Gasteiger partial charge is 0.325 e. The molecule has 0 bridgehead atoms. The van der Waals surface area contributed by atoms with E-state index in [2.05, 4.69) is 15.6 Å². The van der Waals surface area contributed by atoms with Crippen molar-refractivity contribution < 1.29 is 9.59 Å². The van der Waals surface area contributed by atoms with Gasteiger partial charge in [-0.15, -0.1) is 0 Å². The Bertz CT molecular complexity index is 829. The van der Waals surface area contributed by atoms with E-state index in [9.17, 15) is 9.59 Å². The van der Waals surface area contributed by atoms with Crippen LogP contribution in [0.25, 0.3) is 10.9 Å². The van der Waals surface area contributed by atoms with Crippen LogP contribution in [0.2, 0.25) is 0 Å². The summed E-state index contributed by atoms with van der Waals surface area (Å²) >= 11 is 1.53. The number of benzene rings is 1. The molecular formula is C16H17N5O2S. The fourth-order valence-corrected chi connectivity index (χ4v) is 4.14. The van der Waals surface area contributed by atoms with E-state index in [1.807, 2.05) is 48.3 Å². The zero-order valence-corrected chi connectivity index (χ0v) is 14.1. The van der Waals surface area contributed by atoms with Gasteiger partial charge in [-0.25, -0.2) is 9.78 Å². The Balaban J connectivity index is 1.58. The number of carbonyl (C=O) groups excluding carboxylic acids is 2. The average Bonchev–Trinajstić information content (AvgIpc) is 2.90. The highest BCUT2D eigenvalue weighted by atomic mass is 32.2. The van der Waals surface area contributed by atoms with Gasteiger partial charge in [0.25, 0.3) is 0 Å². The van der Waals surface area contributed by atoms with Gasteiger partial charge in [-0.3, -0.25) is 20.3 Å². The number of hydrogen-bond acceptors (Lipinski definition) is 6. The number of hydrogen-bond donors (Lipinski definition) is 2. The summed E-state index contributed by atoms with van der Waals surface area (Å²) in [5.41, 5.74) is 0.790. The van der Waals surface area contributed by atoms with Crippen LogP contribution < -0.4 is 10.6 Å². The van der Waals surface area contributed by atoms with Gasteiger partial charge in [-0.2, -0.15) is 0 Å². The van der Waals surface area contributed by atoms with E-state index in [1.165, 1.54) is 16.7 Å². The van der Waals surface area contributed by atoms with E-state index in [4.69, 9.17) is 0 Å². The monoisotopic (exact) mass is 343 g/mol. The van der Waals surface area contributed by atoms with E-state index in [0.717, 1.165) is 15.9 Å². The number of fused-ring (bicyclic) bond motifs is 2. The van der Waals surface area contributed by atoms with Gasteiger partial charge in [-0.1, -0.05) is 36.0 Å². The van der Waals surface area contributed by atoms with Crippen LogP contribution in [-0.4, -0.2) is 58.5 Å². The van der Waals surface area contributed by atoms with Crippen molar-refractivity contribution >= 4 is 34.6 Å². The van der Waals surface area contributed by atoms with Gasteiger partial charge >= 0.3 is 6.03 Å². The lowest BCUT2D eigenvalue weighted by atomic mass is 10.1. The number of thioether (sulfide) groups is 1. The number of para-hydroxylation sites is 1. The molecule has 0 aliphatic carbocycles. The van der Waals surface area contributed by atoms with E-state index in [-0.39, 0.29) is 23.6 Å². The zero-order chi connectivity index (χ0) is 16.8. The van der Waals surface area contributed by atoms with Crippen LogP contribution in [0.5, 0.6) is 0 Å². The van der Waals surface area contributed by atoms with Crippen LogP contribution in [0, 0.1) is 0 Å². The second kappa shape index (κ2) is 5.73. The Hall–Kier alpha value is -2.16. The van der Waals surface area contributed by atoms with E-state index in [1.54, 1.807) is 7.05 Å². The van der Waals surface area contributed by atoms with Crippen LogP contribution in [0.4, 0.5) is 4.79 Å². The van der Waals surface area contributed by atoms with Crippen molar-refractivity contribution in [3.63, 3.8) is 0 Å². The predicted octanol–water partition coefficient (Wildman–Crippen LogP) is 1.02. The van der Waals surface area contributed by atoms with Gasteiger partial charge in [-0.05, 0) is 19.2 Å². The molecule has 3 atom stereocenters. The first-order chi connectivity index (χ1) is 11.5. The number of nitrogens with zero attached hydrogens (tertiary/aromatic N) is 3. The van der Waals surface area contributed by atoms with Crippen molar-refractivity contribution in [1.29, 1.82) is 0 Å². The Labute approximate surface area is 143 Å². The van der Waals surface area contributed by atoms with Crippen molar-refractivity contribution in [2.24, 2.45) is 0 Å². The second-order valence-corrected chi connectivity index (χ2v) is 7.04. The number of aromatic nitrogens is 1.